The topological polar surface area (TPSA) is 103 Å². The molecule has 0 amide bonds. The monoisotopic (exact) mass is 382 g/mol. The average molecular weight is 382 g/mol. The highest BCUT2D eigenvalue weighted by Gasteiger charge is 2.46. The molecule has 1 aliphatic carbocycles. The Hall–Kier alpha value is -3.35. The van der Waals surface area contributed by atoms with Gasteiger partial charge in [0.25, 0.3) is 5.79 Å². The highest BCUT2D eigenvalue weighted by atomic mass is 16.7. The molecule has 1 spiro atoms. The number of ether oxygens (including phenoxy) is 2. The number of aromatic carboxylic acids is 1. The van der Waals surface area contributed by atoms with Crippen LogP contribution in [-0.2, 0) is 19.1 Å². The summed E-state index contributed by atoms with van der Waals surface area (Å²) in [5.74, 6) is -2.78. The van der Waals surface area contributed by atoms with Gasteiger partial charge < -0.3 is 19.0 Å². The van der Waals surface area contributed by atoms with Gasteiger partial charge in [0.05, 0.1) is 5.56 Å². The first-order valence-electron chi connectivity index (χ1n) is 9.08. The summed E-state index contributed by atoms with van der Waals surface area (Å²) in [6.45, 7) is 0. The molecule has 0 radical (unpaired) electrons. The lowest BCUT2D eigenvalue weighted by Crippen LogP contribution is -2.47. The van der Waals surface area contributed by atoms with Crippen molar-refractivity contribution < 1.29 is 33.4 Å². The number of benzene rings is 1. The van der Waals surface area contributed by atoms with Crippen LogP contribution in [0.1, 0.15) is 48.2 Å². The molecular weight excluding hydrogens is 364 g/mol. The van der Waals surface area contributed by atoms with E-state index < -0.39 is 23.7 Å². The highest BCUT2D eigenvalue weighted by Crippen LogP contribution is 2.37. The summed E-state index contributed by atoms with van der Waals surface area (Å²) in [5.41, 5.74) is 0.630. The predicted molar refractivity (Wildman–Crippen MR) is 97.1 cm³/mol. The van der Waals surface area contributed by atoms with Gasteiger partial charge in [-0.25, -0.2) is 14.4 Å². The van der Waals surface area contributed by atoms with Crippen LogP contribution < -0.4 is 0 Å². The van der Waals surface area contributed by atoms with Gasteiger partial charge in [0.2, 0.25) is 0 Å². The quantitative estimate of drug-likeness (QED) is 0.489. The van der Waals surface area contributed by atoms with E-state index in [-0.39, 0.29) is 11.1 Å². The van der Waals surface area contributed by atoms with Crippen molar-refractivity contribution in [2.45, 2.75) is 37.9 Å². The molecule has 1 aromatic carbocycles. The number of carboxylic acids is 1. The third kappa shape index (κ3) is 3.43. The lowest BCUT2D eigenvalue weighted by atomic mass is 9.93. The lowest BCUT2D eigenvalue weighted by Gasteiger charge is -2.38. The Kier molecular flexibility index (Phi) is 4.50. The minimum Gasteiger partial charge on any atom is -0.478 e. The molecule has 7 nitrogen and oxygen atoms in total. The zero-order valence-corrected chi connectivity index (χ0v) is 15.0. The van der Waals surface area contributed by atoms with Crippen LogP contribution in [0.4, 0.5) is 0 Å². The van der Waals surface area contributed by atoms with Gasteiger partial charge in [-0.15, -0.1) is 0 Å². The number of hydrogen-bond acceptors (Lipinski definition) is 6. The van der Waals surface area contributed by atoms with E-state index in [1.54, 1.807) is 24.3 Å². The van der Waals surface area contributed by atoms with E-state index in [0.29, 0.717) is 29.9 Å². The standard InChI is InChI=1S/C21H18O7/c22-18(23)14-6-4-13(5-7-14)17-9-8-15(26-17)12-16-19(24)27-21(28-20(16)25)10-2-1-3-11-21/h4-9,12H,1-3,10-11H2,(H,22,23). The minimum atomic E-state index is -1.12. The molecule has 7 heteroatoms. The van der Waals surface area contributed by atoms with E-state index in [9.17, 15) is 14.4 Å². The van der Waals surface area contributed by atoms with Crippen LogP contribution in [0.3, 0.4) is 0 Å². The largest absolute Gasteiger partial charge is 0.478 e. The summed E-state index contributed by atoms with van der Waals surface area (Å²) in [7, 11) is 0. The summed E-state index contributed by atoms with van der Waals surface area (Å²) >= 11 is 0. The molecule has 2 fully saturated rings. The third-order valence-electron chi connectivity index (χ3n) is 4.94. The fraction of sp³-hybridized carbons (Fsp3) is 0.286. The first-order valence-corrected chi connectivity index (χ1v) is 9.08. The van der Waals surface area contributed by atoms with Crippen molar-refractivity contribution in [2.24, 2.45) is 0 Å². The molecule has 2 aliphatic rings. The van der Waals surface area contributed by atoms with Gasteiger partial charge in [-0.3, -0.25) is 0 Å². The zero-order chi connectivity index (χ0) is 19.7. The van der Waals surface area contributed by atoms with Gasteiger partial charge in [-0.05, 0) is 37.1 Å². The van der Waals surface area contributed by atoms with Crippen LogP contribution in [0, 0.1) is 0 Å². The predicted octanol–water partition coefficient (Wildman–Crippen LogP) is 3.79. The van der Waals surface area contributed by atoms with Gasteiger partial charge in [0.1, 0.15) is 17.1 Å². The van der Waals surface area contributed by atoms with E-state index in [1.807, 2.05) is 0 Å². The molecule has 2 aromatic rings. The van der Waals surface area contributed by atoms with Gasteiger partial charge in [0.15, 0.2) is 0 Å². The lowest BCUT2D eigenvalue weighted by molar-refractivity contribution is -0.244. The number of furan rings is 1. The van der Waals surface area contributed by atoms with Crippen LogP contribution in [0.15, 0.2) is 46.4 Å². The second-order valence-corrected chi connectivity index (χ2v) is 6.89. The summed E-state index contributed by atoms with van der Waals surface area (Å²) in [4.78, 5) is 35.7. The fourth-order valence-corrected chi connectivity index (χ4v) is 3.47. The van der Waals surface area contributed by atoms with Crippen molar-refractivity contribution in [3.63, 3.8) is 0 Å². The molecular formula is C21H18O7. The molecule has 2 heterocycles. The van der Waals surface area contributed by atoms with Crippen molar-refractivity contribution in [1.29, 1.82) is 0 Å². The minimum absolute atomic E-state index is 0.169. The maximum atomic E-state index is 12.4. The Morgan fingerprint density at radius 2 is 1.57 bits per heavy atom. The van der Waals surface area contributed by atoms with Gasteiger partial charge in [-0.2, -0.15) is 0 Å². The Morgan fingerprint density at radius 1 is 0.929 bits per heavy atom. The van der Waals surface area contributed by atoms with Crippen molar-refractivity contribution in [3.05, 3.63) is 53.3 Å². The second-order valence-electron chi connectivity index (χ2n) is 6.89. The Labute approximate surface area is 160 Å². The van der Waals surface area contributed by atoms with E-state index in [0.717, 1.165) is 19.3 Å². The molecule has 4 rings (SSSR count). The number of carboxylic acid groups (broad SMARTS) is 1. The van der Waals surface area contributed by atoms with Gasteiger partial charge in [0, 0.05) is 24.5 Å². The van der Waals surface area contributed by atoms with Crippen LogP contribution in [0.25, 0.3) is 17.4 Å². The molecule has 1 aliphatic heterocycles. The summed E-state index contributed by atoms with van der Waals surface area (Å²) in [6, 6.07) is 9.46. The maximum absolute atomic E-state index is 12.4. The number of esters is 2. The SMILES string of the molecule is O=C1OC2(CCCCC2)OC(=O)C1=Cc1ccc(-c2ccc(C(=O)O)cc2)o1. The van der Waals surface area contributed by atoms with E-state index in [1.165, 1.54) is 18.2 Å². The van der Waals surface area contributed by atoms with Crippen LogP contribution in [-0.4, -0.2) is 28.8 Å². The smallest absolute Gasteiger partial charge is 0.349 e. The van der Waals surface area contributed by atoms with E-state index in [2.05, 4.69) is 0 Å². The van der Waals surface area contributed by atoms with Crippen LogP contribution in [0.2, 0.25) is 0 Å². The van der Waals surface area contributed by atoms with Crippen molar-refractivity contribution in [2.75, 3.05) is 0 Å². The van der Waals surface area contributed by atoms with Crippen molar-refractivity contribution in [3.8, 4) is 11.3 Å². The Balaban J connectivity index is 1.54. The zero-order valence-electron chi connectivity index (χ0n) is 15.0. The van der Waals surface area contributed by atoms with Crippen LogP contribution >= 0.6 is 0 Å². The number of rotatable bonds is 3. The molecule has 0 bridgehead atoms. The molecule has 1 saturated heterocycles. The molecule has 144 valence electrons. The number of carbonyl (C=O) groups excluding carboxylic acids is 2. The first-order chi connectivity index (χ1) is 13.5. The molecule has 0 atom stereocenters. The maximum Gasteiger partial charge on any atom is 0.349 e. The van der Waals surface area contributed by atoms with E-state index in [4.69, 9.17) is 19.0 Å². The molecule has 28 heavy (non-hydrogen) atoms. The van der Waals surface area contributed by atoms with Gasteiger partial charge in [-0.1, -0.05) is 18.6 Å². The van der Waals surface area contributed by atoms with Crippen molar-refractivity contribution >= 4 is 24.0 Å². The summed E-state index contributed by atoms with van der Waals surface area (Å²) in [6.07, 6.45) is 5.07. The summed E-state index contributed by atoms with van der Waals surface area (Å²) in [5, 5.41) is 8.96. The van der Waals surface area contributed by atoms with Gasteiger partial charge >= 0.3 is 17.9 Å². The Morgan fingerprint density at radius 3 is 2.18 bits per heavy atom. The third-order valence-corrected chi connectivity index (χ3v) is 4.94. The molecule has 1 saturated carbocycles. The highest BCUT2D eigenvalue weighted by molar-refractivity contribution is 6.18. The molecule has 1 N–H and O–H groups in total. The van der Waals surface area contributed by atoms with E-state index >= 15 is 0 Å². The Bertz CT molecular complexity index is 937. The normalized spacial score (nSPS) is 18.5. The number of hydrogen-bond donors (Lipinski definition) is 1. The summed E-state index contributed by atoms with van der Waals surface area (Å²) < 4.78 is 16.6. The molecule has 1 aromatic heterocycles. The van der Waals surface area contributed by atoms with Crippen LogP contribution in [0.5, 0.6) is 0 Å². The molecule has 0 unspecified atom stereocenters. The second kappa shape index (κ2) is 6.99. The number of carbonyl (C=O) groups is 3. The van der Waals surface area contributed by atoms with Crippen molar-refractivity contribution in [1.82, 2.24) is 0 Å². The fourth-order valence-electron chi connectivity index (χ4n) is 3.47. The first kappa shape index (κ1) is 18.0. The average Bonchev–Trinajstić information content (AvgIpc) is 3.14.